The number of ether oxygens (including phenoxy) is 4. The van der Waals surface area contributed by atoms with Crippen molar-refractivity contribution in [2.75, 3.05) is 7.11 Å². The zero-order chi connectivity index (χ0) is 34.2. The standard InChI is InChI=1S/C38H38N2O8/c1-22(41)46-36-33-29(48-38(2,3)37(36)47-31(43)17-11-16-30(42)39-21-23-12-7-6-8-13-23)20-28(45-5)32-34(33)40(4)27-19-25-15-10-9-14-24(25)18-26(27)35(32)44/h6-10,12-15,18-20,36-37H,11,16-17,21H2,1-5H3,(H,39,42)/t36-,37-/m0/s1. The summed E-state index contributed by atoms with van der Waals surface area (Å²) in [6.07, 6.45) is -1.83. The minimum atomic E-state index is -1.15. The summed E-state index contributed by atoms with van der Waals surface area (Å²) < 4.78 is 26.0. The summed E-state index contributed by atoms with van der Waals surface area (Å²) in [5.41, 5.74) is 1.07. The molecule has 1 aliphatic rings. The highest BCUT2D eigenvalue weighted by atomic mass is 16.6. The van der Waals surface area contributed by atoms with E-state index in [2.05, 4.69) is 5.32 Å². The maximum absolute atomic E-state index is 14.2. The first kappa shape index (κ1) is 32.6. The first-order valence-electron chi connectivity index (χ1n) is 15.9. The van der Waals surface area contributed by atoms with Crippen LogP contribution in [0.1, 0.15) is 57.3 Å². The van der Waals surface area contributed by atoms with E-state index >= 15 is 0 Å². The second-order valence-electron chi connectivity index (χ2n) is 12.6. The van der Waals surface area contributed by atoms with Crippen LogP contribution < -0.4 is 20.2 Å². The molecule has 2 heterocycles. The molecule has 0 fully saturated rings. The van der Waals surface area contributed by atoms with Gasteiger partial charge in [-0.15, -0.1) is 0 Å². The molecule has 0 radical (unpaired) electrons. The molecule has 0 saturated carbocycles. The fourth-order valence-electron chi connectivity index (χ4n) is 6.51. The Morgan fingerprint density at radius 1 is 0.938 bits per heavy atom. The van der Waals surface area contributed by atoms with E-state index in [1.165, 1.54) is 14.0 Å². The molecule has 1 amide bonds. The molecule has 1 aliphatic heterocycles. The van der Waals surface area contributed by atoms with E-state index in [4.69, 9.17) is 18.9 Å². The second-order valence-corrected chi connectivity index (χ2v) is 12.6. The maximum atomic E-state index is 14.2. The number of carbonyl (C=O) groups is 3. The van der Waals surface area contributed by atoms with Gasteiger partial charge in [-0.05, 0) is 48.7 Å². The van der Waals surface area contributed by atoms with Crippen molar-refractivity contribution in [3.05, 3.63) is 94.1 Å². The number of carbonyl (C=O) groups excluding carboxylic acids is 3. The number of nitrogens with one attached hydrogen (secondary N) is 1. The van der Waals surface area contributed by atoms with Gasteiger partial charge in [-0.2, -0.15) is 0 Å². The Hall–Kier alpha value is -5.38. The van der Waals surface area contributed by atoms with Gasteiger partial charge in [0.1, 0.15) is 17.1 Å². The van der Waals surface area contributed by atoms with Crippen LogP contribution in [0.4, 0.5) is 0 Å². The third-order valence-electron chi connectivity index (χ3n) is 8.80. The van der Waals surface area contributed by atoms with Gasteiger partial charge in [-0.1, -0.05) is 54.6 Å². The average Bonchev–Trinajstić information content (AvgIpc) is 3.06. The van der Waals surface area contributed by atoms with Crippen LogP contribution in [0.15, 0.2) is 77.6 Å². The number of esters is 2. The van der Waals surface area contributed by atoms with Gasteiger partial charge in [0.05, 0.1) is 29.1 Å². The van der Waals surface area contributed by atoms with Crippen LogP contribution in [0.25, 0.3) is 32.6 Å². The van der Waals surface area contributed by atoms with E-state index in [9.17, 15) is 19.2 Å². The highest BCUT2D eigenvalue weighted by Gasteiger charge is 2.50. The number of fused-ring (bicyclic) bond motifs is 5. The molecule has 0 aliphatic carbocycles. The molecule has 48 heavy (non-hydrogen) atoms. The molecule has 1 aromatic heterocycles. The van der Waals surface area contributed by atoms with Crippen LogP contribution in [0, 0.1) is 0 Å². The largest absolute Gasteiger partial charge is 0.496 e. The lowest BCUT2D eigenvalue weighted by atomic mass is 9.86. The normalized spacial score (nSPS) is 16.6. The van der Waals surface area contributed by atoms with Gasteiger partial charge >= 0.3 is 11.9 Å². The zero-order valence-electron chi connectivity index (χ0n) is 27.6. The molecule has 2 atom stereocenters. The Morgan fingerprint density at radius 3 is 2.31 bits per heavy atom. The molecular formula is C38H38N2O8. The van der Waals surface area contributed by atoms with Crippen LogP contribution in [0.2, 0.25) is 0 Å². The summed E-state index contributed by atoms with van der Waals surface area (Å²) in [6.45, 7) is 5.16. The lowest BCUT2D eigenvalue weighted by molar-refractivity contribution is -0.189. The summed E-state index contributed by atoms with van der Waals surface area (Å²) in [5.74, 6) is -0.704. The second kappa shape index (κ2) is 13.0. The van der Waals surface area contributed by atoms with Crippen molar-refractivity contribution in [1.29, 1.82) is 0 Å². The van der Waals surface area contributed by atoms with Gasteiger partial charge in [0.2, 0.25) is 11.3 Å². The molecule has 10 nitrogen and oxygen atoms in total. The summed E-state index contributed by atoms with van der Waals surface area (Å²) >= 11 is 0. The fraction of sp³-hybridized carbons (Fsp3) is 0.316. The minimum absolute atomic E-state index is 0.0372. The third kappa shape index (κ3) is 6.17. The minimum Gasteiger partial charge on any atom is -0.496 e. The summed E-state index contributed by atoms with van der Waals surface area (Å²) in [6, 6.07) is 22.8. The Balaban J connectivity index is 1.35. The van der Waals surface area contributed by atoms with E-state index in [0.717, 1.165) is 16.3 Å². The number of amides is 1. The molecule has 0 bridgehead atoms. The summed E-state index contributed by atoms with van der Waals surface area (Å²) in [4.78, 5) is 52.5. The monoisotopic (exact) mass is 650 g/mol. The molecule has 5 aromatic rings. The number of aryl methyl sites for hydroxylation is 1. The Labute approximate surface area is 277 Å². The highest BCUT2D eigenvalue weighted by molar-refractivity contribution is 6.04. The predicted octanol–water partition coefficient (Wildman–Crippen LogP) is 6.03. The van der Waals surface area contributed by atoms with Crippen molar-refractivity contribution in [2.45, 2.75) is 64.4 Å². The first-order valence-corrected chi connectivity index (χ1v) is 15.9. The van der Waals surface area contributed by atoms with E-state index in [1.807, 2.05) is 78.3 Å². The molecule has 0 spiro atoms. The molecule has 0 saturated heterocycles. The SMILES string of the molecule is COc1cc2c(c3c1c(=O)c1cc4ccccc4cc1n3C)[C@H](OC(C)=O)[C@H](OC(=O)CCCC(=O)NCc1ccccc1)C(C)(C)O2. The van der Waals surface area contributed by atoms with E-state index in [1.54, 1.807) is 19.9 Å². The van der Waals surface area contributed by atoms with Crippen molar-refractivity contribution in [3.8, 4) is 11.5 Å². The van der Waals surface area contributed by atoms with Crippen molar-refractivity contribution < 1.29 is 33.3 Å². The molecular weight excluding hydrogens is 612 g/mol. The lowest BCUT2D eigenvalue weighted by Crippen LogP contribution is -2.52. The van der Waals surface area contributed by atoms with Crippen LogP contribution in [0.3, 0.4) is 0 Å². The van der Waals surface area contributed by atoms with Gasteiger partial charge in [-0.3, -0.25) is 19.2 Å². The zero-order valence-corrected chi connectivity index (χ0v) is 27.6. The van der Waals surface area contributed by atoms with Gasteiger partial charge in [-0.25, -0.2) is 0 Å². The van der Waals surface area contributed by atoms with Crippen LogP contribution in [0.5, 0.6) is 11.5 Å². The third-order valence-corrected chi connectivity index (χ3v) is 8.80. The van der Waals surface area contributed by atoms with Crippen molar-refractivity contribution in [1.82, 2.24) is 9.88 Å². The Morgan fingerprint density at radius 2 is 1.62 bits per heavy atom. The number of methoxy groups -OCH3 is 1. The topological polar surface area (TPSA) is 122 Å². The number of rotatable bonds is 9. The quantitative estimate of drug-likeness (QED) is 0.152. The van der Waals surface area contributed by atoms with Crippen molar-refractivity contribution in [3.63, 3.8) is 0 Å². The van der Waals surface area contributed by atoms with Crippen LogP contribution in [-0.2, 0) is 37.4 Å². The summed E-state index contributed by atoms with van der Waals surface area (Å²) in [7, 11) is 3.31. The molecule has 0 unspecified atom stereocenters. The van der Waals surface area contributed by atoms with Gasteiger partial charge in [0.15, 0.2) is 12.2 Å². The molecule has 6 rings (SSSR count). The predicted molar refractivity (Wildman–Crippen MR) is 182 cm³/mol. The number of hydrogen-bond donors (Lipinski definition) is 1. The smallest absolute Gasteiger partial charge is 0.306 e. The number of pyridine rings is 1. The Kier molecular flexibility index (Phi) is 8.83. The molecule has 248 valence electrons. The van der Waals surface area contributed by atoms with Crippen molar-refractivity contribution in [2.24, 2.45) is 7.05 Å². The van der Waals surface area contributed by atoms with Crippen LogP contribution >= 0.6 is 0 Å². The highest BCUT2D eigenvalue weighted by Crippen LogP contribution is 2.49. The fourth-order valence-corrected chi connectivity index (χ4v) is 6.51. The number of aromatic nitrogens is 1. The average molecular weight is 651 g/mol. The molecule has 1 N–H and O–H groups in total. The maximum Gasteiger partial charge on any atom is 0.306 e. The molecule has 4 aromatic carbocycles. The molecule has 10 heteroatoms. The van der Waals surface area contributed by atoms with E-state index < -0.39 is 29.7 Å². The van der Waals surface area contributed by atoms with Crippen LogP contribution in [-0.4, -0.2) is 41.2 Å². The lowest BCUT2D eigenvalue weighted by Gasteiger charge is -2.43. The van der Waals surface area contributed by atoms with Crippen molar-refractivity contribution >= 4 is 50.4 Å². The van der Waals surface area contributed by atoms with Gasteiger partial charge in [0.25, 0.3) is 0 Å². The van der Waals surface area contributed by atoms with E-state index in [-0.39, 0.29) is 36.0 Å². The number of hydrogen-bond acceptors (Lipinski definition) is 8. The first-order chi connectivity index (χ1) is 23.0. The van der Waals surface area contributed by atoms with Gasteiger partial charge < -0.3 is 28.8 Å². The van der Waals surface area contributed by atoms with E-state index in [0.29, 0.717) is 40.0 Å². The number of nitrogens with zero attached hydrogens (tertiary/aromatic N) is 1. The summed E-state index contributed by atoms with van der Waals surface area (Å²) in [5, 5.41) is 5.51. The Bertz CT molecular complexity index is 2120. The number of benzene rings is 4. The van der Waals surface area contributed by atoms with Gasteiger partial charge in [0, 0.05) is 44.8 Å².